The number of amides is 1. The van der Waals surface area contributed by atoms with Crippen molar-refractivity contribution in [3.8, 4) is 5.75 Å². The number of carbonyl (C=O) groups is 1. The van der Waals surface area contributed by atoms with E-state index in [4.69, 9.17) is 10.5 Å². The minimum Gasteiger partial charge on any atom is -0.481 e. The van der Waals surface area contributed by atoms with Crippen LogP contribution in [0.2, 0.25) is 0 Å². The van der Waals surface area contributed by atoms with Gasteiger partial charge in [-0.3, -0.25) is 4.79 Å². The summed E-state index contributed by atoms with van der Waals surface area (Å²) in [5.74, 6) is 0.469. The molecule has 1 amide bonds. The second kappa shape index (κ2) is 6.80. The van der Waals surface area contributed by atoms with Gasteiger partial charge in [0.1, 0.15) is 5.75 Å². The van der Waals surface area contributed by atoms with Gasteiger partial charge in [-0.2, -0.15) is 0 Å². The number of ether oxygens (including phenoxy) is 1. The molecule has 0 heterocycles. The van der Waals surface area contributed by atoms with Crippen LogP contribution in [0, 0.1) is 10.5 Å². The van der Waals surface area contributed by atoms with E-state index in [0.29, 0.717) is 17.1 Å². The average molecular weight is 396 g/mol. The lowest BCUT2D eigenvalue weighted by Gasteiger charge is -2.16. The van der Waals surface area contributed by atoms with Crippen molar-refractivity contribution < 1.29 is 9.53 Å². The number of aryl methyl sites for hydroxylation is 1. The van der Waals surface area contributed by atoms with Crippen molar-refractivity contribution in [2.45, 2.75) is 20.0 Å². The predicted octanol–water partition coefficient (Wildman–Crippen LogP) is 3.59. The van der Waals surface area contributed by atoms with Gasteiger partial charge in [-0.25, -0.2) is 0 Å². The summed E-state index contributed by atoms with van der Waals surface area (Å²) in [6.45, 7) is 3.64. The second-order valence-corrected chi connectivity index (χ2v) is 6.03. The molecule has 2 aromatic carbocycles. The fourth-order valence-electron chi connectivity index (χ4n) is 1.81. The normalized spacial score (nSPS) is 11.8. The van der Waals surface area contributed by atoms with Crippen LogP contribution < -0.4 is 15.8 Å². The molecule has 0 radical (unpaired) electrons. The van der Waals surface area contributed by atoms with Crippen LogP contribution >= 0.6 is 22.6 Å². The molecule has 0 saturated heterocycles. The van der Waals surface area contributed by atoms with E-state index >= 15 is 0 Å². The lowest BCUT2D eigenvalue weighted by atomic mass is 10.1. The molecule has 1 unspecified atom stereocenters. The van der Waals surface area contributed by atoms with Crippen LogP contribution in [0.3, 0.4) is 0 Å². The first-order chi connectivity index (χ1) is 9.95. The summed E-state index contributed by atoms with van der Waals surface area (Å²) >= 11 is 2.20. The van der Waals surface area contributed by atoms with Gasteiger partial charge >= 0.3 is 0 Å². The maximum Gasteiger partial charge on any atom is 0.265 e. The zero-order valence-corrected chi connectivity index (χ0v) is 14.0. The third-order valence-corrected chi connectivity index (χ3v) is 3.67. The highest BCUT2D eigenvalue weighted by Gasteiger charge is 2.16. The van der Waals surface area contributed by atoms with Crippen molar-refractivity contribution in [1.29, 1.82) is 0 Å². The molecule has 0 fully saturated rings. The van der Waals surface area contributed by atoms with Crippen LogP contribution in [0.5, 0.6) is 5.75 Å². The highest BCUT2D eigenvalue weighted by molar-refractivity contribution is 14.1. The minimum atomic E-state index is -0.593. The van der Waals surface area contributed by atoms with Crippen molar-refractivity contribution in [2.75, 3.05) is 11.1 Å². The standard InChI is InChI=1S/C16H17IN2O2/c1-10-6-7-13(18)9-15(10)19-16(20)11(2)21-14-5-3-4-12(17)8-14/h3-9,11H,18H2,1-2H3,(H,19,20). The molecule has 4 nitrogen and oxygen atoms in total. The van der Waals surface area contributed by atoms with Crippen molar-refractivity contribution in [2.24, 2.45) is 0 Å². The molecule has 2 aromatic rings. The molecular formula is C16H17IN2O2. The van der Waals surface area contributed by atoms with Crippen LogP contribution in [0.15, 0.2) is 42.5 Å². The van der Waals surface area contributed by atoms with Crippen LogP contribution in [0.1, 0.15) is 12.5 Å². The van der Waals surface area contributed by atoms with Gasteiger partial charge in [0.05, 0.1) is 0 Å². The van der Waals surface area contributed by atoms with E-state index < -0.39 is 6.10 Å². The summed E-state index contributed by atoms with van der Waals surface area (Å²) < 4.78 is 6.71. The van der Waals surface area contributed by atoms with Crippen molar-refractivity contribution >= 4 is 39.9 Å². The smallest absolute Gasteiger partial charge is 0.265 e. The van der Waals surface area contributed by atoms with Gasteiger partial charge in [-0.05, 0) is 72.3 Å². The maximum absolute atomic E-state index is 12.2. The predicted molar refractivity (Wildman–Crippen MR) is 93.5 cm³/mol. The van der Waals surface area contributed by atoms with Crippen LogP contribution in [-0.2, 0) is 4.79 Å². The number of rotatable bonds is 4. The lowest BCUT2D eigenvalue weighted by Crippen LogP contribution is -2.30. The number of halogens is 1. The number of hydrogen-bond donors (Lipinski definition) is 2. The number of nitrogens with one attached hydrogen (secondary N) is 1. The Labute approximate surface area is 137 Å². The van der Waals surface area contributed by atoms with Crippen LogP contribution in [0.25, 0.3) is 0 Å². The Balaban J connectivity index is 2.04. The molecule has 1 atom stereocenters. The number of benzene rings is 2. The van der Waals surface area contributed by atoms with Crippen LogP contribution in [-0.4, -0.2) is 12.0 Å². The summed E-state index contributed by atoms with van der Waals surface area (Å²) in [5, 5.41) is 2.84. The molecule has 0 saturated carbocycles. The number of nitrogen functional groups attached to an aromatic ring is 1. The van der Waals surface area contributed by atoms with Gasteiger partial charge in [0, 0.05) is 14.9 Å². The third kappa shape index (κ3) is 4.35. The molecule has 0 aliphatic rings. The van der Waals surface area contributed by atoms with Gasteiger partial charge in [0.15, 0.2) is 6.10 Å². The van der Waals surface area contributed by atoms with Crippen LogP contribution in [0.4, 0.5) is 11.4 Å². The van der Waals surface area contributed by atoms with E-state index in [0.717, 1.165) is 9.13 Å². The molecule has 5 heteroatoms. The SMILES string of the molecule is Cc1ccc(N)cc1NC(=O)C(C)Oc1cccc(I)c1. The molecule has 0 bridgehead atoms. The topological polar surface area (TPSA) is 64.3 Å². The zero-order chi connectivity index (χ0) is 15.4. The average Bonchev–Trinajstić information content (AvgIpc) is 2.43. The van der Waals surface area contributed by atoms with E-state index in [1.54, 1.807) is 19.1 Å². The molecule has 0 spiro atoms. The highest BCUT2D eigenvalue weighted by Crippen LogP contribution is 2.20. The van der Waals surface area contributed by atoms with Crippen molar-refractivity contribution in [3.05, 3.63) is 51.6 Å². The Kier molecular flexibility index (Phi) is 5.06. The third-order valence-electron chi connectivity index (χ3n) is 3.00. The molecule has 0 aromatic heterocycles. The number of anilines is 2. The molecule has 110 valence electrons. The molecule has 0 aliphatic carbocycles. The van der Waals surface area contributed by atoms with Gasteiger partial charge in [0.2, 0.25) is 0 Å². The fourth-order valence-corrected chi connectivity index (χ4v) is 2.32. The Morgan fingerprint density at radius 1 is 1.29 bits per heavy atom. The summed E-state index contributed by atoms with van der Waals surface area (Å²) in [4.78, 5) is 12.2. The van der Waals surface area contributed by atoms with Gasteiger partial charge < -0.3 is 15.8 Å². The molecular weight excluding hydrogens is 379 g/mol. The van der Waals surface area contributed by atoms with Gasteiger partial charge in [0.25, 0.3) is 5.91 Å². The first-order valence-electron chi connectivity index (χ1n) is 6.55. The highest BCUT2D eigenvalue weighted by atomic mass is 127. The summed E-state index contributed by atoms with van der Waals surface area (Å²) in [7, 11) is 0. The largest absolute Gasteiger partial charge is 0.481 e. The molecule has 0 aliphatic heterocycles. The minimum absolute atomic E-state index is 0.206. The van der Waals surface area contributed by atoms with Crippen molar-refractivity contribution in [3.63, 3.8) is 0 Å². The van der Waals surface area contributed by atoms with Crippen molar-refractivity contribution in [1.82, 2.24) is 0 Å². The maximum atomic E-state index is 12.2. The Morgan fingerprint density at radius 3 is 2.76 bits per heavy atom. The number of hydrogen-bond acceptors (Lipinski definition) is 3. The van der Waals surface area contributed by atoms with E-state index in [1.807, 2.05) is 37.3 Å². The van der Waals surface area contributed by atoms with Gasteiger partial charge in [-0.1, -0.05) is 12.1 Å². The first-order valence-corrected chi connectivity index (χ1v) is 7.63. The zero-order valence-electron chi connectivity index (χ0n) is 11.9. The molecule has 2 rings (SSSR count). The summed E-state index contributed by atoms with van der Waals surface area (Å²) in [6, 6.07) is 13.0. The molecule has 21 heavy (non-hydrogen) atoms. The first kappa shape index (κ1) is 15.6. The number of carbonyl (C=O) groups excluding carboxylic acids is 1. The quantitative estimate of drug-likeness (QED) is 0.614. The van der Waals surface area contributed by atoms with E-state index in [1.165, 1.54) is 0 Å². The Morgan fingerprint density at radius 2 is 2.05 bits per heavy atom. The van der Waals surface area contributed by atoms with Gasteiger partial charge in [-0.15, -0.1) is 0 Å². The van der Waals surface area contributed by atoms with E-state index in [-0.39, 0.29) is 5.91 Å². The van der Waals surface area contributed by atoms with E-state index in [2.05, 4.69) is 27.9 Å². The second-order valence-electron chi connectivity index (χ2n) is 4.78. The summed E-state index contributed by atoms with van der Waals surface area (Å²) in [5.41, 5.74) is 8.01. The van der Waals surface area contributed by atoms with E-state index in [9.17, 15) is 4.79 Å². The Hall–Kier alpha value is -1.76. The Bertz CT molecular complexity index is 658. The fraction of sp³-hybridized carbons (Fsp3) is 0.188. The monoisotopic (exact) mass is 396 g/mol. The summed E-state index contributed by atoms with van der Waals surface area (Å²) in [6.07, 6.45) is -0.593. The molecule has 3 N–H and O–H groups in total. The number of nitrogens with two attached hydrogens (primary N) is 1. The lowest BCUT2D eigenvalue weighted by molar-refractivity contribution is -0.122.